The fraction of sp³-hybridized carbons (Fsp3) is 0.312. The second-order valence-corrected chi connectivity index (χ2v) is 6.04. The Morgan fingerprint density at radius 1 is 1.27 bits per heavy atom. The van der Waals surface area contributed by atoms with E-state index >= 15 is 0 Å². The normalized spacial score (nSPS) is 12.0. The lowest BCUT2D eigenvalue weighted by atomic mass is 10.2. The van der Waals surface area contributed by atoms with Crippen LogP contribution in [0.15, 0.2) is 41.8 Å². The van der Waals surface area contributed by atoms with Gasteiger partial charge in [-0.3, -0.25) is 0 Å². The molecule has 1 unspecified atom stereocenters. The van der Waals surface area contributed by atoms with Gasteiger partial charge in [-0.25, -0.2) is 4.79 Å². The van der Waals surface area contributed by atoms with Gasteiger partial charge in [-0.1, -0.05) is 6.07 Å². The van der Waals surface area contributed by atoms with Gasteiger partial charge in [0.05, 0.1) is 13.2 Å². The molecule has 0 spiro atoms. The van der Waals surface area contributed by atoms with E-state index in [9.17, 15) is 4.79 Å². The number of carbonyl (C=O) groups is 1. The van der Waals surface area contributed by atoms with Crippen molar-refractivity contribution in [3.05, 3.63) is 46.7 Å². The molecule has 0 bridgehead atoms. The Morgan fingerprint density at radius 3 is 2.55 bits per heavy atom. The number of methoxy groups -OCH3 is 1. The third kappa shape index (κ3) is 4.47. The van der Waals surface area contributed by atoms with Crippen LogP contribution in [0.25, 0.3) is 0 Å². The van der Waals surface area contributed by atoms with Crippen LogP contribution in [0, 0.1) is 0 Å². The summed E-state index contributed by atoms with van der Waals surface area (Å²) in [4.78, 5) is 15.3. The van der Waals surface area contributed by atoms with Gasteiger partial charge in [-0.2, -0.15) is 0 Å². The molecule has 22 heavy (non-hydrogen) atoms. The zero-order valence-electron chi connectivity index (χ0n) is 13.0. The third-order valence-corrected chi connectivity index (χ3v) is 4.27. The van der Waals surface area contributed by atoms with Crippen LogP contribution in [0.1, 0.15) is 10.9 Å². The maximum atomic E-state index is 12.0. The Bertz CT molecular complexity index is 582. The molecule has 0 radical (unpaired) electrons. The van der Waals surface area contributed by atoms with E-state index < -0.39 is 0 Å². The van der Waals surface area contributed by atoms with E-state index in [0.717, 1.165) is 11.4 Å². The summed E-state index contributed by atoms with van der Waals surface area (Å²) in [6, 6.07) is 11.3. The van der Waals surface area contributed by atoms with Gasteiger partial charge < -0.3 is 20.3 Å². The smallest absolute Gasteiger partial charge is 0.319 e. The molecule has 0 fully saturated rings. The largest absolute Gasteiger partial charge is 0.497 e. The van der Waals surface area contributed by atoms with E-state index in [-0.39, 0.29) is 12.1 Å². The van der Waals surface area contributed by atoms with Gasteiger partial charge in [0.2, 0.25) is 0 Å². The summed E-state index contributed by atoms with van der Waals surface area (Å²) >= 11 is 1.69. The fourth-order valence-electron chi connectivity index (χ4n) is 2.06. The molecule has 0 saturated heterocycles. The third-order valence-electron chi connectivity index (χ3n) is 3.30. The molecule has 0 aliphatic carbocycles. The molecular formula is C16H21N3O2S. The second kappa shape index (κ2) is 7.82. The summed E-state index contributed by atoms with van der Waals surface area (Å²) in [5.74, 6) is 0.760. The first-order valence-corrected chi connectivity index (χ1v) is 7.87. The van der Waals surface area contributed by atoms with Crippen LogP contribution in [0.5, 0.6) is 5.75 Å². The number of anilines is 1. The number of hydrogen-bond acceptors (Lipinski definition) is 4. The van der Waals surface area contributed by atoms with Crippen LogP contribution < -0.4 is 15.4 Å². The zero-order chi connectivity index (χ0) is 15.9. The van der Waals surface area contributed by atoms with Crippen molar-refractivity contribution in [2.75, 3.05) is 33.1 Å². The van der Waals surface area contributed by atoms with Crippen LogP contribution in [0.2, 0.25) is 0 Å². The van der Waals surface area contributed by atoms with Crippen molar-refractivity contribution in [2.45, 2.75) is 6.04 Å². The molecule has 0 aliphatic heterocycles. The van der Waals surface area contributed by atoms with E-state index in [4.69, 9.17) is 4.74 Å². The first kappa shape index (κ1) is 16.3. The van der Waals surface area contributed by atoms with Crippen molar-refractivity contribution < 1.29 is 9.53 Å². The second-order valence-electron chi connectivity index (χ2n) is 5.06. The minimum atomic E-state index is -0.214. The van der Waals surface area contributed by atoms with Gasteiger partial charge in [0.1, 0.15) is 5.75 Å². The fourth-order valence-corrected chi connectivity index (χ4v) is 2.98. The minimum Gasteiger partial charge on any atom is -0.497 e. The number of urea groups is 1. The highest BCUT2D eigenvalue weighted by molar-refractivity contribution is 7.10. The van der Waals surface area contributed by atoms with E-state index in [2.05, 4.69) is 21.6 Å². The topological polar surface area (TPSA) is 53.6 Å². The van der Waals surface area contributed by atoms with Crippen molar-refractivity contribution >= 4 is 23.1 Å². The zero-order valence-corrected chi connectivity index (χ0v) is 13.8. The van der Waals surface area contributed by atoms with Crippen molar-refractivity contribution in [1.29, 1.82) is 0 Å². The molecule has 2 amide bonds. The summed E-state index contributed by atoms with van der Waals surface area (Å²) in [5.41, 5.74) is 0.732. The molecule has 118 valence electrons. The van der Waals surface area contributed by atoms with Crippen LogP contribution in [0.3, 0.4) is 0 Å². The molecule has 1 aromatic carbocycles. The number of likely N-dealkylation sites (N-methyl/N-ethyl adjacent to an activating group) is 1. The monoisotopic (exact) mass is 319 g/mol. The maximum absolute atomic E-state index is 12.0. The first-order valence-electron chi connectivity index (χ1n) is 6.99. The summed E-state index contributed by atoms with van der Waals surface area (Å²) < 4.78 is 5.09. The Kier molecular flexibility index (Phi) is 5.80. The van der Waals surface area contributed by atoms with Gasteiger partial charge in [0.25, 0.3) is 0 Å². The number of nitrogens with one attached hydrogen (secondary N) is 2. The maximum Gasteiger partial charge on any atom is 0.319 e. The van der Waals surface area contributed by atoms with Crippen LogP contribution >= 0.6 is 11.3 Å². The molecule has 1 heterocycles. The molecule has 0 aliphatic rings. The number of hydrogen-bond donors (Lipinski definition) is 2. The van der Waals surface area contributed by atoms with Gasteiger partial charge in [0, 0.05) is 17.1 Å². The van der Waals surface area contributed by atoms with Gasteiger partial charge in [-0.15, -0.1) is 11.3 Å². The molecule has 2 rings (SSSR count). The standard InChI is InChI=1S/C16H21N3O2S/c1-19(2)14(15-5-4-10-22-15)11-17-16(20)18-12-6-8-13(21-3)9-7-12/h4-10,14H,11H2,1-3H3,(H2,17,18,20). The Hall–Kier alpha value is -2.05. The lowest BCUT2D eigenvalue weighted by molar-refractivity contribution is 0.244. The molecule has 6 heteroatoms. The number of thiophene rings is 1. The molecule has 1 aromatic heterocycles. The van der Waals surface area contributed by atoms with Crippen molar-refractivity contribution in [2.24, 2.45) is 0 Å². The van der Waals surface area contributed by atoms with Crippen molar-refractivity contribution in [3.8, 4) is 5.75 Å². The average Bonchev–Trinajstić information content (AvgIpc) is 3.02. The van der Waals surface area contributed by atoms with E-state index in [1.807, 2.05) is 37.7 Å². The number of ether oxygens (including phenoxy) is 1. The van der Waals surface area contributed by atoms with E-state index in [1.165, 1.54) is 4.88 Å². The van der Waals surface area contributed by atoms with Gasteiger partial charge in [-0.05, 0) is 49.8 Å². The van der Waals surface area contributed by atoms with Crippen LogP contribution in [-0.4, -0.2) is 38.7 Å². The number of nitrogens with zero attached hydrogens (tertiary/aromatic N) is 1. The molecule has 5 nitrogen and oxygen atoms in total. The highest BCUT2D eigenvalue weighted by Crippen LogP contribution is 2.22. The minimum absolute atomic E-state index is 0.168. The number of carbonyl (C=O) groups excluding carboxylic acids is 1. The van der Waals surface area contributed by atoms with Crippen molar-refractivity contribution in [3.63, 3.8) is 0 Å². The average molecular weight is 319 g/mol. The molecule has 2 aromatic rings. The van der Waals surface area contributed by atoms with Gasteiger partial charge in [0.15, 0.2) is 0 Å². The van der Waals surface area contributed by atoms with Gasteiger partial charge >= 0.3 is 6.03 Å². The quantitative estimate of drug-likeness (QED) is 0.860. The lowest BCUT2D eigenvalue weighted by Gasteiger charge is -2.23. The molecule has 1 atom stereocenters. The Morgan fingerprint density at radius 2 is 2.00 bits per heavy atom. The predicted octanol–water partition coefficient (Wildman–Crippen LogP) is 3.18. The highest BCUT2D eigenvalue weighted by Gasteiger charge is 2.16. The number of benzene rings is 1. The number of amides is 2. The summed E-state index contributed by atoms with van der Waals surface area (Å²) in [6.45, 7) is 0.551. The van der Waals surface area contributed by atoms with E-state index in [1.54, 1.807) is 30.6 Å². The number of rotatable bonds is 6. The summed E-state index contributed by atoms with van der Waals surface area (Å²) in [5, 5.41) is 7.77. The van der Waals surface area contributed by atoms with E-state index in [0.29, 0.717) is 6.54 Å². The lowest BCUT2D eigenvalue weighted by Crippen LogP contribution is -2.36. The Balaban J connectivity index is 1.88. The summed E-state index contributed by atoms with van der Waals surface area (Å²) in [7, 11) is 5.63. The van der Waals surface area contributed by atoms with Crippen molar-refractivity contribution in [1.82, 2.24) is 10.2 Å². The SMILES string of the molecule is COc1ccc(NC(=O)NCC(c2cccs2)N(C)C)cc1. The molecule has 2 N–H and O–H groups in total. The van der Waals surface area contributed by atoms with Crippen LogP contribution in [-0.2, 0) is 0 Å². The highest BCUT2D eigenvalue weighted by atomic mass is 32.1. The predicted molar refractivity (Wildman–Crippen MR) is 90.8 cm³/mol. The first-order chi connectivity index (χ1) is 10.6. The summed E-state index contributed by atoms with van der Waals surface area (Å²) in [6.07, 6.45) is 0. The Labute approximate surface area is 134 Å². The molecular weight excluding hydrogens is 298 g/mol. The molecule has 0 saturated carbocycles. The van der Waals surface area contributed by atoms with Crippen LogP contribution in [0.4, 0.5) is 10.5 Å².